The maximum atomic E-state index is 12.3. The highest BCUT2D eigenvalue weighted by molar-refractivity contribution is 4.87. The normalized spacial score (nSPS) is 29.1. The smallest absolute Gasteiger partial charge is 0.353 e. The highest BCUT2D eigenvalue weighted by Crippen LogP contribution is 2.43. The minimum absolute atomic E-state index is 0.923. The molecule has 0 saturated carbocycles. The first-order chi connectivity index (χ1) is 5.78. The highest BCUT2D eigenvalue weighted by Gasteiger charge is 2.61. The van der Waals surface area contributed by atoms with Crippen LogP contribution in [0.4, 0.5) is 22.0 Å². The van der Waals surface area contributed by atoms with Gasteiger partial charge in [0.1, 0.15) is 6.10 Å². The molecule has 0 amide bonds. The number of alkyl halides is 5. The third kappa shape index (κ3) is 2.28. The second-order valence-electron chi connectivity index (χ2n) is 2.68. The molecule has 0 aromatic heterocycles. The summed E-state index contributed by atoms with van der Waals surface area (Å²) >= 11 is 0. The van der Waals surface area contributed by atoms with Crippen molar-refractivity contribution < 1.29 is 31.4 Å². The summed E-state index contributed by atoms with van der Waals surface area (Å²) in [7, 11) is 1.18. The molecule has 1 saturated heterocycles. The topological polar surface area (TPSA) is 21.8 Å². The molecule has 0 aromatic carbocycles. The van der Waals surface area contributed by atoms with Crippen molar-refractivity contribution in [2.75, 3.05) is 7.11 Å². The first-order valence-electron chi connectivity index (χ1n) is 3.41. The molecule has 0 N–H and O–H groups in total. The van der Waals surface area contributed by atoms with Crippen LogP contribution in [0.3, 0.4) is 0 Å². The summed E-state index contributed by atoms with van der Waals surface area (Å²) in [5.74, 6) is -4.70. The molecule has 13 heavy (non-hydrogen) atoms. The van der Waals surface area contributed by atoms with E-state index in [2.05, 4.69) is 9.47 Å². The molecule has 1 aliphatic rings. The van der Waals surface area contributed by atoms with Crippen LogP contribution in [0.1, 0.15) is 6.42 Å². The maximum absolute atomic E-state index is 12.3. The van der Waals surface area contributed by atoms with E-state index in [0.717, 1.165) is 0 Å². The van der Waals surface area contributed by atoms with Crippen molar-refractivity contribution in [3.8, 4) is 0 Å². The van der Waals surface area contributed by atoms with Gasteiger partial charge in [0.2, 0.25) is 0 Å². The molecule has 0 bridgehead atoms. The molecule has 1 rings (SSSR count). The van der Waals surface area contributed by atoms with Crippen molar-refractivity contribution in [2.45, 2.75) is 30.9 Å². The SMILES string of the molecule is COC1OC1CC(F)(F)C(F)(F)F. The molecule has 7 heteroatoms. The van der Waals surface area contributed by atoms with Gasteiger partial charge in [-0.3, -0.25) is 0 Å². The number of rotatable bonds is 3. The van der Waals surface area contributed by atoms with Crippen molar-refractivity contribution in [3.05, 3.63) is 0 Å². The van der Waals surface area contributed by atoms with Gasteiger partial charge in [-0.15, -0.1) is 0 Å². The summed E-state index contributed by atoms with van der Waals surface area (Å²) in [5, 5.41) is 0. The number of epoxide rings is 1. The van der Waals surface area contributed by atoms with Crippen LogP contribution in [0, 0.1) is 0 Å². The number of halogens is 5. The van der Waals surface area contributed by atoms with Gasteiger partial charge in [-0.2, -0.15) is 22.0 Å². The van der Waals surface area contributed by atoms with E-state index in [0.29, 0.717) is 0 Å². The third-order valence-electron chi connectivity index (χ3n) is 1.64. The molecule has 1 fully saturated rings. The number of methoxy groups -OCH3 is 1. The van der Waals surface area contributed by atoms with Gasteiger partial charge in [0, 0.05) is 7.11 Å². The Labute approximate surface area is 70.6 Å². The monoisotopic (exact) mass is 206 g/mol. The summed E-state index contributed by atoms with van der Waals surface area (Å²) < 4.78 is 68.2. The Morgan fingerprint density at radius 3 is 2.08 bits per heavy atom. The summed E-state index contributed by atoms with van der Waals surface area (Å²) in [5.41, 5.74) is 0. The van der Waals surface area contributed by atoms with Crippen LogP contribution < -0.4 is 0 Å². The molecule has 2 nitrogen and oxygen atoms in total. The Balaban J connectivity index is 2.44. The average molecular weight is 206 g/mol. The van der Waals surface area contributed by atoms with E-state index < -0.39 is 30.9 Å². The van der Waals surface area contributed by atoms with Crippen LogP contribution in [0.5, 0.6) is 0 Å². The first kappa shape index (κ1) is 10.6. The first-order valence-corrected chi connectivity index (χ1v) is 3.41. The van der Waals surface area contributed by atoms with Gasteiger partial charge >= 0.3 is 12.1 Å². The van der Waals surface area contributed by atoms with Crippen LogP contribution in [-0.2, 0) is 9.47 Å². The lowest BCUT2D eigenvalue weighted by Gasteiger charge is -2.17. The zero-order chi connectivity index (χ0) is 10.3. The largest absolute Gasteiger partial charge is 0.453 e. The second kappa shape index (κ2) is 3.06. The summed E-state index contributed by atoms with van der Waals surface area (Å²) in [4.78, 5) is 0. The molecule has 78 valence electrons. The Hall–Kier alpha value is -0.430. The predicted octanol–water partition coefficient (Wildman–Crippen LogP) is 1.95. The van der Waals surface area contributed by atoms with E-state index in [9.17, 15) is 22.0 Å². The van der Waals surface area contributed by atoms with Crippen LogP contribution in [0.15, 0.2) is 0 Å². The predicted molar refractivity (Wildman–Crippen MR) is 31.3 cm³/mol. The number of hydrogen-bond acceptors (Lipinski definition) is 2. The molecule has 0 radical (unpaired) electrons. The molecule has 0 spiro atoms. The Kier molecular flexibility index (Phi) is 2.50. The average Bonchev–Trinajstić information content (AvgIpc) is 2.63. The fourth-order valence-electron chi connectivity index (χ4n) is 0.847. The summed E-state index contributed by atoms with van der Waals surface area (Å²) in [6, 6.07) is 0. The molecule has 0 aromatic rings. The van der Waals surface area contributed by atoms with E-state index in [-0.39, 0.29) is 0 Å². The molecule has 1 aliphatic heterocycles. The van der Waals surface area contributed by atoms with Gasteiger partial charge in [-0.1, -0.05) is 0 Å². The lowest BCUT2D eigenvalue weighted by atomic mass is 10.2. The molecule has 0 aliphatic carbocycles. The fourth-order valence-corrected chi connectivity index (χ4v) is 0.847. The van der Waals surface area contributed by atoms with Crippen LogP contribution in [0.2, 0.25) is 0 Å². The fraction of sp³-hybridized carbons (Fsp3) is 1.00. The highest BCUT2D eigenvalue weighted by atomic mass is 19.4. The summed E-state index contributed by atoms with van der Waals surface area (Å²) in [6.45, 7) is 0. The zero-order valence-electron chi connectivity index (χ0n) is 6.57. The third-order valence-corrected chi connectivity index (χ3v) is 1.64. The Morgan fingerprint density at radius 1 is 1.23 bits per heavy atom. The van der Waals surface area contributed by atoms with Gasteiger partial charge in [-0.05, 0) is 0 Å². The number of hydrogen-bond donors (Lipinski definition) is 0. The maximum Gasteiger partial charge on any atom is 0.453 e. The molecule has 2 unspecified atom stereocenters. The standard InChI is InChI=1S/C6H7F5O2/c1-12-4-3(13-4)2-5(7,8)6(9,10)11/h3-4H,2H2,1H3. The zero-order valence-corrected chi connectivity index (χ0v) is 6.57. The second-order valence-corrected chi connectivity index (χ2v) is 2.68. The van der Waals surface area contributed by atoms with Gasteiger partial charge in [0.25, 0.3) is 0 Å². The van der Waals surface area contributed by atoms with Gasteiger partial charge < -0.3 is 9.47 Å². The summed E-state index contributed by atoms with van der Waals surface area (Å²) in [6.07, 6.45) is -8.97. The quantitative estimate of drug-likeness (QED) is 0.520. The van der Waals surface area contributed by atoms with Gasteiger partial charge in [0.15, 0.2) is 6.29 Å². The van der Waals surface area contributed by atoms with E-state index in [1.807, 2.05) is 0 Å². The van der Waals surface area contributed by atoms with Gasteiger partial charge in [0.05, 0.1) is 6.42 Å². The van der Waals surface area contributed by atoms with Gasteiger partial charge in [-0.25, -0.2) is 0 Å². The van der Waals surface area contributed by atoms with Crippen molar-refractivity contribution in [1.82, 2.24) is 0 Å². The molecular formula is C6H7F5O2. The van der Waals surface area contributed by atoms with Crippen LogP contribution in [-0.4, -0.2) is 31.6 Å². The molecule has 2 atom stereocenters. The van der Waals surface area contributed by atoms with Crippen molar-refractivity contribution in [3.63, 3.8) is 0 Å². The minimum atomic E-state index is -5.52. The Bertz CT molecular complexity index is 190. The van der Waals surface area contributed by atoms with E-state index in [1.54, 1.807) is 0 Å². The molecular weight excluding hydrogens is 199 g/mol. The Morgan fingerprint density at radius 2 is 1.77 bits per heavy atom. The lowest BCUT2D eigenvalue weighted by molar-refractivity contribution is -0.285. The lowest BCUT2D eigenvalue weighted by Crippen LogP contribution is -2.37. The van der Waals surface area contributed by atoms with Crippen molar-refractivity contribution in [2.24, 2.45) is 0 Å². The number of ether oxygens (including phenoxy) is 2. The van der Waals surface area contributed by atoms with E-state index >= 15 is 0 Å². The van der Waals surface area contributed by atoms with E-state index in [4.69, 9.17) is 0 Å². The van der Waals surface area contributed by atoms with Crippen LogP contribution in [0.25, 0.3) is 0 Å². The van der Waals surface area contributed by atoms with Crippen molar-refractivity contribution in [1.29, 1.82) is 0 Å². The van der Waals surface area contributed by atoms with Crippen LogP contribution >= 0.6 is 0 Å². The van der Waals surface area contributed by atoms with E-state index in [1.165, 1.54) is 7.11 Å². The van der Waals surface area contributed by atoms with Crippen molar-refractivity contribution >= 4 is 0 Å². The molecule has 1 heterocycles. The minimum Gasteiger partial charge on any atom is -0.353 e.